The molecular weight excluding hydrogens is 252 g/mol. The third-order valence-corrected chi connectivity index (χ3v) is 3.07. The number of hydrogen-bond donors (Lipinski definition) is 1. The lowest BCUT2D eigenvalue weighted by Crippen LogP contribution is -2.42. The Morgan fingerprint density at radius 1 is 1.37 bits per heavy atom. The minimum Gasteiger partial charge on any atom is -0.480 e. The molecule has 7 nitrogen and oxygen atoms in total. The van der Waals surface area contributed by atoms with Crippen molar-refractivity contribution in [2.75, 3.05) is 26.3 Å². The number of ether oxygens (including phenoxy) is 1. The summed E-state index contributed by atoms with van der Waals surface area (Å²) < 4.78 is 5.17. The van der Waals surface area contributed by atoms with Crippen LogP contribution in [0.15, 0.2) is 24.3 Å². The molecule has 1 N–H and O–H groups in total. The van der Waals surface area contributed by atoms with E-state index >= 15 is 0 Å². The summed E-state index contributed by atoms with van der Waals surface area (Å²) in [6, 6.07) is 4.95. The van der Waals surface area contributed by atoms with E-state index in [9.17, 15) is 20.0 Å². The van der Waals surface area contributed by atoms with E-state index in [0.717, 1.165) is 0 Å². The molecule has 0 bridgehead atoms. The van der Waals surface area contributed by atoms with Crippen LogP contribution in [0.1, 0.15) is 11.6 Å². The lowest BCUT2D eigenvalue weighted by atomic mass is 10.0. The van der Waals surface area contributed by atoms with Gasteiger partial charge >= 0.3 is 5.97 Å². The van der Waals surface area contributed by atoms with Gasteiger partial charge in [0.2, 0.25) is 0 Å². The maximum Gasteiger partial charge on any atom is 0.325 e. The van der Waals surface area contributed by atoms with Crippen LogP contribution in [0.5, 0.6) is 0 Å². The van der Waals surface area contributed by atoms with Crippen molar-refractivity contribution in [3.63, 3.8) is 0 Å². The number of aliphatic carboxylic acids is 1. The molecule has 1 aliphatic rings. The average Bonchev–Trinajstić information content (AvgIpc) is 2.40. The number of para-hydroxylation sites is 1. The highest BCUT2D eigenvalue weighted by Crippen LogP contribution is 2.29. The normalized spacial score (nSPS) is 17.9. The lowest BCUT2D eigenvalue weighted by Gasteiger charge is -2.31. The largest absolute Gasteiger partial charge is 0.480 e. The van der Waals surface area contributed by atoms with Crippen LogP contribution in [0.25, 0.3) is 0 Å². The van der Waals surface area contributed by atoms with E-state index in [1.165, 1.54) is 18.2 Å². The van der Waals surface area contributed by atoms with Gasteiger partial charge in [-0.3, -0.25) is 19.8 Å². The van der Waals surface area contributed by atoms with E-state index in [1.54, 1.807) is 11.0 Å². The summed E-state index contributed by atoms with van der Waals surface area (Å²) >= 11 is 0. The number of morpholine rings is 1. The summed E-state index contributed by atoms with van der Waals surface area (Å²) in [6.45, 7) is 1.76. The standard InChI is InChI=1S/C12H14N2O5/c15-12(16)11(13-5-7-19-8-6-13)9-3-1-2-4-10(9)14(17)18/h1-4,11H,5-8H2,(H,15,16). The highest BCUT2D eigenvalue weighted by Gasteiger charge is 2.33. The first kappa shape index (κ1) is 13.4. The molecule has 0 aliphatic carbocycles. The van der Waals surface area contributed by atoms with Crippen LogP contribution in [0.3, 0.4) is 0 Å². The van der Waals surface area contributed by atoms with Crippen LogP contribution >= 0.6 is 0 Å². The van der Waals surface area contributed by atoms with E-state index in [2.05, 4.69) is 0 Å². The van der Waals surface area contributed by atoms with Gasteiger partial charge in [0.25, 0.3) is 5.69 Å². The van der Waals surface area contributed by atoms with Crippen LogP contribution in [0, 0.1) is 10.1 Å². The van der Waals surface area contributed by atoms with E-state index in [4.69, 9.17) is 4.74 Å². The monoisotopic (exact) mass is 266 g/mol. The van der Waals surface area contributed by atoms with Crippen molar-refractivity contribution in [1.82, 2.24) is 4.90 Å². The molecule has 0 spiro atoms. The molecule has 1 heterocycles. The summed E-state index contributed by atoms with van der Waals surface area (Å²) in [5.74, 6) is -1.09. The number of benzene rings is 1. The summed E-state index contributed by atoms with van der Waals surface area (Å²) in [5.41, 5.74) is 0.0447. The number of carbonyl (C=O) groups is 1. The Labute approximate surface area is 109 Å². The Hall–Kier alpha value is -1.99. The van der Waals surface area contributed by atoms with Crippen LogP contribution in [0.4, 0.5) is 5.69 Å². The second-order valence-electron chi connectivity index (χ2n) is 4.21. The number of nitrogens with zero attached hydrogens (tertiary/aromatic N) is 2. The van der Waals surface area contributed by atoms with Crippen molar-refractivity contribution in [3.8, 4) is 0 Å². The molecule has 1 aromatic rings. The fraction of sp³-hybridized carbons (Fsp3) is 0.417. The Morgan fingerprint density at radius 3 is 2.58 bits per heavy atom. The number of carboxylic acids is 1. The van der Waals surface area contributed by atoms with Crippen molar-refractivity contribution in [2.24, 2.45) is 0 Å². The van der Waals surface area contributed by atoms with Gasteiger partial charge in [-0.1, -0.05) is 12.1 Å². The van der Waals surface area contributed by atoms with Gasteiger partial charge in [-0.05, 0) is 6.07 Å². The SMILES string of the molecule is O=C(O)C(c1ccccc1[N+](=O)[O-])N1CCOCC1. The third kappa shape index (κ3) is 2.88. The summed E-state index contributed by atoms with van der Waals surface area (Å²) in [4.78, 5) is 23.6. The Balaban J connectivity index is 2.38. The third-order valence-electron chi connectivity index (χ3n) is 3.07. The number of hydrogen-bond acceptors (Lipinski definition) is 5. The summed E-state index contributed by atoms with van der Waals surface area (Å²) in [7, 11) is 0. The lowest BCUT2D eigenvalue weighted by molar-refractivity contribution is -0.386. The molecule has 7 heteroatoms. The molecule has 0 radical (unpaired) electrons. The number of carboxylic acid groups (broad SMARTS) is 1. The van der Waals surface area contributed by atoms with Crippen LogP contribution in [-0.2, 0) is 9.53 Å². The molecule has 0 amide bonds. The van der Waals surface area contributed by atoms with Gasteiger partial charge in [-0.25, -0.2) is 0 Å². The first-order valence-corrected chi connectivity index (χ1v) is 5.89. The van der Waals surface area contributed by atoms with Gasteiger partial charge in [0.15, 0.2) is 0 Å². The summed E-state index contributed by atoms with van der Waals surface area (Å²) in [6.07, 6.45) is 0. The predicted molar refractivity (Wildman–Crippen MR) is 65.9 cm³/mol. The molecule has 2 rings (SSSR count). The van der Waals surface area contributed by atoms with E-state index < -0.39 is 16.9 Å². The molecular formula is C12H14N2O5. The van der Waals surface area contributed by atoms with Gasteiger partial charge in [0.05, 0.1) is 23.7 Å². The zero-order valence-corrected chi connectivity index (χ0v) is 10.2. The Morgan fingerprint density at radius 2 is 2.00 bits per heavy atom. The van der Waals surface area contributed by atoms with E-state index in [0.29, 0.717) is 26.3 Å². The van der Waals surface area contributed by atoms with Gasteiger partial charge < -0.3 is 9.84 Å². The zero-order valence-electron chi connectivity index (χ0n) is 10.2. The maximum atomic E-state index is 11.5. The highest BCUT2D eigenvalue weighted by molar-refractivity contribution is 5.77. The zero-order chi connectivity index (χ0) is 13.8. The van der Waals surface area contributed by atoms with Crippen LogP contribution < -0.4 is 0 Å². The van der Waals surface area contributed by atoms with Crippen molar-refractivity contribution >= 4 is 11.7 Å². The van der Waals surface area contributed by atoms with Crippen molar-refractivity contribution in [2.45, 2.75) is 6.04 Å². The first-order chi connectivity index (χ1) is 9.11. The number of nitro benzene ring substituents is 1. The van der Waals surface area contributed by atoms with E-state index in [1.807, 2.05) is 0 Å². The van der Waals surface area contributed by atoms with Crippen molar-refractivity contribution in [3.05, 3.63) is 39.9 Å². The summed E-state index contributed by atoms with van der Waals surface area (Å²) in [5, 5.41) is 20.4. The molecule has 1 aromatic carbocycles. The molecule has 19 heavy (non-hydrogen) atoms. The predicted octanol–water partition coefficient (Wildman–Crippen LogP) is 1.05. The number of nitro groups is 1. The van der Waals surface area contributed by atoms with Gasteiger partial charge in [-0.2, -0.15) is 0 Å². The topological polar surface area (TPSA) is 92.9 Å². The second-order valence-corrected chi connectivity index (χ2v) is 4.21. The van der Waals surface area contributed by atoms with Crippen molar-refractivity contribution in [1.29, 1.82) is 0 Å². The van der Waals surface area contributed by atoms with Crippen LogP contribution in [0.2, 0.25) is 0 Å². The molecule has 1 aliphatic heterocycles. The average molecular weight is 266 g/mol. The highest BCUT2D eigenvalue weighted by atomic mass is 16.6. The molecule has 0 saturated carbocycles. The molecule has 1 saturated heterocycles. The van der Waals surface area contributed by atoms with Gasteiger partial charge in [0, 0.05) is 19.2 Å². The Bertz CT molecular complexity index is 485. The van der Waals surface area contributed by atoms with Crippen molar-refractivity contribution < 1.29 is 19.6 Å². The molecule has 1 fully saturated rings. The smallest absolute Gasteiger partial charge is 0.325 e. The first-order valence-electron chi connectivity index (χ1n) is 5.89. The van der Waals surface area contributed by atoms with Crippen LogP contribution in [-0.4, -0.2) is 47.2 Å². The molecule has 1 unspecified atom stereocenters. The maximum absolute atomic E-state index is 11.5. The fourth-order valence-corrected chi connectivity index (χ4v) is 2.21. The van der Waals surface area contributed by atoms with Gasteiger partial charge in [0.1, 0.15) is 6.04 Å². The molecule has 0 aromatic heterocycles. The number of rotatable bonds is 4. The minimum atomic E-state index is -1.09. The quantitative estimate of drug-likeness (QED) is 0.646. The fourth-order valence-electron chi connectivity index (χ4n) is 2.21. The molecule has 102 valence electrons. The Kier molecular flexibility index (Phi) is 4.08. The van der Waals surface area contributed by atoms with Gasteiger partial charge in [-0.15, -0.1) is 0 Å². The second kappa shape index (κ2) is 5.77. The molecule has 1 atom stereocenters. The minimum absolute atomic E-state index is 0.165. The van der Waals surface area contributed by atoms with E-state index in [-0.39, 0.29) is 11.3 Å².